The number of aromatic amines is 1. The number of aromatic nitrogens is 5. The Kier molecular flexibility index (Phi) is 3.88. The van der Waals surface area contributed by atoms with Crippen LogP contribution in [0, 0.1) is 0 Å². The van der Waals surface area contributed by atoms with Crippen molar-refractivity contribution in [3.8, 4) is 22.8 Å². The predicted molar refractivity (Wildman–Crippen MR) is 97.4 cm³/mol. The molecule has 0 aliphatic heterocycles. The van der Waals surface area contributed by atoms with E-state index in [0.717, 1.165) is 5.39 Å². The van der Waals surface area contributed by atoms with Gasteiger partial charge in [-0.1, -0.05) is 18.2 Å². The summed E-state index contributed by atoms with van der Waals surface area (Å²) in [5.41, 5.74) is 6.36. The molecule has 0 saturated carbocycles. The van der Waals surface area contributed by atoms with Gasteiger partial charge in [0.15, 0.2) is 5.69 Å². The Bertz CT molecular complexity index is 1230. The first-order valence-corrected chi connectivity index (χ1v) is 7.97. The van der Waals surface area contributed by atoms with Crippen LogP contribution in [0.15, 0.2) is 53.7 Å². The predicted octanol–water partition coefficient (Wildman–Crippen LogP) is 1.61. The van der Waals surface area contributed by atoms with Crippen LogP contribution in [0.25, 0.3) is 22.2 Å². The lowest BCUT2D eigenvalue weighted by Gasteiger charge is -2.12. The van der Waals surface area contributed by atoms with E-state index in [2.05, 4.69) is 20.2 Å². The van der Waals surface area contributed by atoms with Crippen molar-refractivity contribution < 1.29 is 9.53 Å². The summed E-state index contributed by atoms with van der Waals surface area (Å²) < 4.78 is 7.86. The fourth-order valence-electron chi connectivity index (χ4n) is 2.81. The number of nitrogens with one attached hydrogen (secondary N) is 1. The first kappa shape index (κ1) is 16.5. The molecule has 3 N–H and O–H groups in total. The van der Waals surface area contributed by atoms with Crippen LogP contribution in [0.1, 0.15) is 10.5 Å². The standard InChI is InChI=1S/C18H14N6O3/c1-24-7-6-11-17(24)20-9-21-18(11)27-13-5-3-2-4-10(13)12-8-14(25)22-23-15(12)16(19)26/h2-9H,1H3,(H2,19,26)(H,22,25). The smallest absolute Gasteiger partial charge is 0.269 e. The number of benzene rings is 1. The Morgan fingerprint density at radius 1 is 1.19 bits per heavy atom. The zero-order chi connectivity index (χ0) is 19.0. The van der Waals surface area contributed by atoms with Gasteiger partial charge in [-0.3, -0.25) is 9.59 Å². The lowest BCUT2D eigenvalue weighted by Crippen LogP contribution is -2.19. The lowest BCUT2D eigenvalue weighted by molar-refractivity contribution is 0.0995. The van der Waals surface area contributed by atoms with Crippen LogP contribution in [0.5, 0.6) is 11.6 Å². The topological polar surface area (TPSA) is 129 Å². The van der Waals surface area contributed by atoms with Crippen molar-refractivity contribution in [2.24, 2.45) is 12.8 Å². The lowest BCUT2D eigenvalue weighted by atomic mass is 10.0. The maximum absolute atomic E-state index is 11.8. The number of aryl methyl sites for hydroxylation is 1. The molecule has 4 aromatic rings. The summed E-state index contributed by atoms with van der Waals surface area (Å²) in [6.07, 6.45) is 3.26. The van der Waals surface area contributed by atoms with Gasteiger partial charge in [-0.05, 0) is 12.1 Å². The van der Waals surface area contributed by atoms with Crippen molar-refractivity contribution in [3.05, 3.63) is 65.0 Å². The SMILES string of the molecule is Cn1ccc2c(Oc3ccccc3-c3cc(=O)[nH]nc3C(N)=O)ncnc21. The Labute approximate surface area is 152 Å². The van der Waals surface area contributed by atoms with Crippen LogP contribution >= 0.6 is 0 Å². The molecular weight excluding hydrogens is 348 g/mol. The van der Waals surface area contributed by atoms with Gasteiger partial charge in [0.25, 0.3) is 11.5 Å². The minimum Gasteiger partial charge on any atom is -0.438 e. The van der Waals surface area contributed by atoms with E-state index >= 15 is 0 Å². The van der Waals surface area contributed by atoms with Crippen LogP contribution in [-0.4, -0.2) is 30.6 Å². The van der Waals surface area contributed by atoms with E-state index in [1.807, 2.05) is 23.9 Å². The Balaban J connectivity index is 1.87. The zero-order valence-corrected chi connectivity index (χ0v) is 14.2. The number of amides is 1. The largest absolute Gasteiger partial charge is 0.438 e. The number of H-pyrrole nitrogens is 1. The molecule has 0 spiro atoms. The highest BCUT2D eigenvalue weighted by atomic mass is 16.5. The second-order valence-electron chi connectivity index (χ2n) is 5.80. The second-order valence-corrected chi connectivity index (χ2v) is 5.80. The Morgan fingerprint density at radius 3 is 2.81 bits per heavy atom. The molecule has 0 fully saturated rings. The van der Waals surface area contributed by atoms with E-state index in [1.165, 1.54) is 12.4 Å². The van der Waals surface area contributed by atoms with Gasteiger partial charge in [0.1, 0.15) is 17.7 Å². The molecule has 27 heavy (non-hydrogen) atoms. The third-order valence-corrected chi connectivity index (χ3v) is 4.05. The van der Waals surface area contributed by atoms with Crippen molar-refractivity contribution in [1.29, 1.82) is 0 Å². The third kappa shape index (κ3) is 2.91. The number of primary amides is 1. The van der Waals surface area contributed by atoms with Crippen molar-refractivity contribution in [2.45, 2.75) is 0 Å². The molecule has 0 aliphatic carbocycles. The average molecular weight is 362 g/mol. The van der Waals surface area contributed by atoms with Gasteiger partial charge in [0.05, 0.1) is 5.39 Å². The molecule has 3 heterocycles. The monoisotopic (exact) mass is 362 g/mol. The molecule has 0 unspecified atom stereocenters. The molecule has 0 saturated heterocycles. The molecule has 4 rings (SSSR count). The van der Waals surface area contributed by atoms with E-state index in [0.29, 0.717) is 22.8 Å². The van der Waals surface area contributed by atoms with E-state index in [9.17, 15) is 9.59 Å². The van der Waals surface area contributed by atoms with Gasteiger partial charge in [-0.15, -0.1) is 0 Å². The maximum Gasteiger partial charge on any atom is 0.269 e. The molecule has 1 aromatic carbocycles. The second kappa shape index (κ2) is 6.37. The molecule has 9 nitrogen and oxygen atoms in total. The molecule has 134 valence electrons. The van der Waals surface area contributed by atoms with Gasteiger partial charge >= 0.3 is 0 Å². The van der Waals surface area contributed by atoms with E-state index in [-0.39, 0.29) is 11.3 Å². The number of fused-ring (bicyclic) bond motifs is 1. The zero-order valence-electron chi connectivity index (χ0n) is 14.2. The quantitative estimate of drug-likeness (QED) is 0.567. The van der Waals surface area contributed by atoms with Crippen LogP contribution in [0.2, 0.25) is 0 Å². The molecule has 1 amide bonds. The molecule has 0 radical (unpaired) electrons. The highest BCUT2D eigenvalue weighted by Gasteiger charge is 2.18. The van der Waals surface area contributed by atoms with Gasteiger partial charge < -0.3 is 15.0 Å². The normalized spacial score (nSPS) is 10.9. The first-order valence-electron chi connectivity index (χ1n) is 7.97. The maximum atomic E-state index is 11.8. The number of nitrogens with zero attached hydrogens (tertiary/aromatic N) is 4. The summed E-state index contributed by atoms with van der Waals surface area (Å²) in [7, 11) is 1.87. The summed E-state index contributed by atoms with van der Waals surface area (Å²) in [6.45, 7) is 0. The fourth-order valence-corrected chi connectivity index (χ4v) is 2.81. The van der Waals surface area contributed by atoms with Crippen LogP contribution in [0.3, 0.4) is 0 Å². The third-order valence-electron chi connectivity index (χ3n) is 4.05. The van der Waals surface area contributed by atoms with Crippen LogP contribution < -0.4 is 16.0 Å². The summed E-state index contributed by atoms with van der Waals surface area (Å²) >= 11 is 0. The summed E-state index contributed by atoms with van der Waals surface area (Å²) in [4.78, 5) is 31.9. The molecule has 9 heteroatoms. The molecular formula is C18H14N6O3. The summed E-state index contributed by atoms with van der Waals surface area (Å²) in [5, 5.41) is 6.71. The molecule has 0 bridgehead atoms. The minimum atomic E-state index is -0.761. The highest BCUT2D eigenvalue weighted by molar-refractivity contribution is 5.98. The molecule has 0 atom stereocenters. The van der Waals surface area contributed by atoms with Crippen molar-refractivity contribution in [2.75, 3.05) is 0 Å². The first-order chi connectivity index (χ1) is 13.0. The van der Waals surface area contributed by atoms with Gasteiger partial charge in [-0.2, -0.15) is 5.10 Å². The molecule has 0 aliphatic rings. The molecule has 3 aromatic heterocycles. The minimum absolute atomic E-state index is 0.0572. The van der Waals surface area contributed by atoms with E-state index in [1.54, 1.807) is 24.3 Å². The van der Waals surface area contributed by atoms with Gasteiger partial charge in [-0.25, -0.2) is 15.1 Å². The highest BCUT2D eigenvalue weighted by Crippen LogP contribution is 2.35. The number of para-hydroxylation sites is 1. The van der Waals surface area contributed by atoms with Crippen molar-refractivity contribution >= 4 is 16.9 Å². The number of carbonyl (C=O) groups is 1. The number of rotatable bonds is 4. The van der Waals surface area contributed by atoms with Gasteiger partial charge in [0.2, 0.25) is 5.88 Å². The van der Waals surface area contributed by atoms with Crippen LogP contribution in [-0.2, 0) is 7.05 Å². The van der Waals surface area contributed by atoms with Crippen molar-refractivity contribution in [1.82, 2.24) is 24.7 Å². The average Bonchev–Trinajstić information content (AvgIpc) is 3.04. The number of hydrogen-bond donors (Lipinski definition) is 2. The Morgan fingerprint density at radius 2 is 2.00 bits per heavy atom. The fraction of sp³-hybridized carbons (Fsp3) is 0.0556. The number of hydrogen-bond acceptors (Lipinski definition) is 6. The number of ether oxygens (including phenoxy) is 1. The number of nitrogens with two attached hydrogens (primary N) is 1. The Hall–Kier alpha value is -4.01. The summed E-state index contributed by atoms with van der Waals surface area (Å²) in [6, 6.07) is 10.0. The number of carbonyl (C=O) groups excluding carboxylic acids is 1. The van der Waals surface area contributed by atoms with Crippen LogP contribution in [0.4, 0.5) is 0 Å². The van der Waals surface area contributed by atoms with E-state index in [4.69, 9.17) is 10.5 Å². The van der Waals surface area contributed by atoms with E-state index < -0.39 is 11.5 Å². The van der Waals surface area contributed by atoms with Gasteiger partial charge in [0, 0.05) is 30.4 Å². The summed E-state index contributed by atoms with van der Waals surface area (Å²) in [5.74, 6) is -0.00809. The van der Waals surface area contributed by atoms with Crippen molar-refractivity contribution in [3.63, 3.8) is 0 Å².